The third kappa shape index (κ3) is 2.30. The first-order chi connectivity index (χ1) is 10.7. The lowest BCUT2D eigenvalue weighted by atomic mass is 9.73. The molecule has 118 valence electrons. The monoisotopic (exact) mass is 300 g/mol. The predicted octanol–water partition coefficient (Wildman–Crippen LogP) is 2.60. The van der Waals surface area contributed by atoms with Crippen LogP contribution in [0.3, 0.4) is 0 Å². The molecule has 1 aromatic carbocycles. The summed E-state index contributed by atoms with van der Waals surface area (Å²) in [6, 6.07) is 6.66. The highest BCUT2D eigenvalue weighted by atomic mass is 16.5. The van der Waals surface area contributed by atoms with Crippen molar-refractivity contribution in [1.29, 1.82) is 0 Å². The van der Waals surface area contributed by atoms with E-state index < -0.39 is 0 Å². The van der Waals surface area contributed by atoms with Crippen LogP contribution in [0.25, 0.3) is 0 Å². The number of carbonyl (C=O) groups excluding carboxylic acids is 1. The van der Waals surface area contributed by atoms with E-state index in [1.165, 1.54) is 24.1 Å². The van der Waals surface area contributed by atoms with Gasteiger partial charge in [0.1, 0.15) is 0 Å². The van der Waals surface area contributed by atoms with Crippen molar-refractivity contribution in [3.8, 4) is 0 Å². The van der Waals surface area contributed by atoms with Gasteiger partial charge in [0, 0.05) is 56.6 Å². The quantitative estimate of drug-likeness (QED) is 0.799. The van der Waals surface area contributed by atoms with Crippen LogP contribution < -0.4 is 9.80 Å². The number of hydrogen-bond acceptors (Lipinski definition) is 3. The molecule has 0 radical (unpaired) electrons. The molecular formula is C18H24N2O2. The summed E-state index contributed by atoms with van der Waals surface area (Å²) in [5.41, 5.74) is 4.15. The second kappa shape index (κ2) is 5.27. The lowest BCUT2D eigenvalue weighted by Gasteiger charge is -2.53. The molecule has 0 N–H and O–H groups in total. The van der Waals surface area contributed by atoms with E-state index in [1.54, 1.807) is 0 Å². The Morgan fingerprint density at radius 2 is 1.91 bits per heavy atom. The molecular weight excluding hydrogens is 276 g/mol. The maximum atomic E-state index is 12.1. The van der Waals surface area contributed by atoms with Crippen molar-refractivity contribution in [3.05, 3.63) is 23.8 Å². The fourth-order valence-corrected chi connectivity index (χ4v) is 4.07. The molecule has 0 bridgehead atoms. The molecule has 4 heteroatoms. The van der Waals surface area contributed by atoms with Gasteiger partial charge in [0.15, 0.2) is 0 Å². The van der Waals surface area contributed by atoms with Crippen molar-refractivity contribution in [2.24, 2.45) is 5.41 Å². The van der Waals surface area contributed by atoms with Gasteiger partial charge in [0.25, 0.3) is 0 Å². The van der Waals surface area contributed by atoms with E-state index in [2.05, 4.69) is 23.1 Å². The van der Waals surface area contributed by atoms with Gasteiger partial charge >= 0.3 is 0 Å². The number of aryl methyl sites for hydroxylation is 1. The summed E-state index contributed by atoms with van der Waals surface area (Å²) in [6.07, 6.45) is 5.00. The molecule has 1 spiro atoms. The second-order valence-corrected chi connectivity index (χ2v) is 7.09. The molecule has 2 saturated heterocycles. The maximum Gasteiger partial charge on any atom is 0.226 e. The van der Waals surface area contributed by atoms with E-state index >= 15 is 0 Å². The van der Waals surface area contributed by atoms with E-state index in [0.717, 1.165) is 44.8 Å². The lowest BCUT2D eigenvalue weighted by molar-refractivity contribution is -0.118. The number of fused-ring (bicyclic) bond motifs is 1. The predicted molar refractivity (Wildman–Crippen MR) is 87.5 cm³/mol. The number of amides is 1. The Morgan fingerprint density at radius 1 is 1.14 bits per heavy atom. The van der Waals surface area contributed by atoms with Gasteiger partial charge in [-0.1, -0.05) is 6.07 Å². The summed E-state index contributed by atoms with van der Waals surface area (Å²) in [7, 11) is 1.91. The van der Waals surface area contributed by atoms with Crippen LogP contribution in [-0.4, -0.2) is 39.3 Å². The number of benzene rings is 1. The average molecular weight is 300 g/mol. The normalized spacial score (nSPS) is 24.0. The highest BCUT2D eigenvalue weighted by Gasteiger charge is 2.44. The Bertz CT molecular complexity index is 585. The largest absolute Gasteiger partial charge is 0.381 e. The minimum atomic E-state index is 0.236. The van der Waals surface area contributed by atoms with E-state index in [4.69, 9.17) is 4.74 Å². The van der Waals surface area contributed by atoms with Gasteiger partial charge in [-0.25, -0.2) is 0 Å². The standard InChI is InChI=1S/C18H24N2O2/c1-19-16-11-15(6-5-14(16)3-2-4-17(19)21)20-12-18(13-20)7-9-22-10-8-18/h5-6,11H,2-4,7-10,12-13H2,1H3. The average Bonchev–Trinajstić information content (AvgIpc) is 2.65. The van der Waals surface area contributed by atoms with Gasteiger partial charge in [-0.3, -0.25) is 4.79 Å². The maximum absolute atomic E-state index is 12.1. The number of carbonyl (C=O) groups is 1. The van der Waals surface area contributed by atoms with E-state index in [-0.39, 0.29) is 5.91 Å². The zero-order valence-electron chi connectivity index (χ0n) is 13.3. The highest BCUT2D eigenvalue weighted by molar-refractivity contribution is 5.95. The van der Waals surface area contributed by atoms with Crippen molar-refractivity contribution < 1.29 is 9.53 Å². The Balaban J connectivity index is 1.55. The Kier molecular flexibility index (Phi) is 3.37. The van der Waals surface area contributed by atoms with Gasteiger partial charge in [0.05, 0.1) is 0 Å². The first kappa shape index (κ1) is 14.1. The molecule has 0 saturated carbocycles. The van der Waals surface area contributed by atoms with E-state index in [1.807, 2.05) is 11.9 Å². The minimum absolute atomic E-state index is 0.236. The van der Waals surface area contributed by atoms with Crippen molar-refractivity contribution in [2.75, 3.05) is 43.2 Å². The lowest BCUT2D eigenvalue weighted by Crippen LogP contribution is -2.58. The van der Waals surface area contributed by atoms with Crippen molar-refractivity contribution in [1.82, 2.24) is 0 Å². The molecule has 22 heavy (non-hydrogen) atoms. The van der Waals surface area contributed by atoms with Crippen LogP contribution in [0.15, 0.2) is 18.2 Å². The smallest absolute Gasteiger partial charge is 0.226 e. The van der Waals surface area contributed by atoms with Crippen LogP contribution in [0.2, 0.25) is 0 Å². The molecule has 3 aliphatic rings. The molecule has 2 fully saturated rings. The molecule has 1 aromatic rings. The highest BCUT2D eigenvalue weighted by Crippen LogP contribution is 2.43. The zero-order valence-corrected chi connectivity index (χ0v) is 13.3. The SMILES string of the molecule is CN1C(=O)CCCc2ccc(N3CC4(CCOCC4)C3)cc21. The third-order valence-corrected chi connectivity index (χ3v) is 5.61. The molecule has 3 aliphatic heterocycles. The second-order valence-electron chi connectivity index (χ2n) is 7.09. The minimum Gasteiger partial charge on any atom is -0.381 e. The molecule has 0 atom stereocenters. The molecule has 4 nitrogen and oxygen atoms in total. The molecule has 0 aromatic heterocycles. The van der Waals surface area contributed by atoms with Crippen LogP contribution in [-0.2, 0) is 16.0 Å². The van der Waals surface area contributed by atoms with Crippen LogP contribution >= 0.6 is 0 Å². The number of nitrogens with zero attached hydrogens (tertiary/aromatic N) is 2. The van der Waals surface area contributed by atoms with Crippen LogP contribution in [0.1, 0.15) is 31.2 Å². The van der Waals surface area contributed by atoms with Crippen LogP contribution in [0.5, 0.6) is 0 Å². The number of ether oxygens (including phenoxy) is 1. The molecule has 1 amide bonds. The summed E-state index contributed by atoms with van der Waals surface area (Å²) in [5.74, 6) is 0.236. The van der Waals surface area contributed by atoms with Crippen LogP contribution in [0, 0.1) is 5.41 Å². The van der Waals surface area contributed by atoms with Gasteiger partial charge in [-0.2, -0.15) is 0 Å². The first-order valence-corrected chi connectivity index (χ1v) is 8.39. The fraction of sp³-hybridized carbons (Fsp3) is 0.611. The van der Waals surface area contributed by atoms with Gasteiger partial charge in [0.2, 0.25) is 5.91 Å². The van der Waals surface area contributed by atoms with Gasteiger partial charge < -0.3 is 14.5 Å². The van der Waals surface area contributed by atoms with Crippen molar-refractivity contribution >= 4 is 17.3 Å². The fourth-order valence-electron chi connectivity index (χ4n) is 4.07. The van der Waals surface area contributed by atoms with Crippen molar-refractivity contribution in [2.45, 2.75) is 32.1 Å². The molecule has 0 aliphatic carbocycles. The first-order valence-electron chi connectivity index (χ1n) is 8.39. The number of anilines is 2. The number of hydrogen-bond donors (Lipinski definition) is 0. The number of rotatable bonds is 1. The summed E-state index contributed by atoms with van der Waals surface area (Å²) in [5, 5.41) is 0. The van der Waals surface area contributed by atoms with Crippen LogP contribution in [0.4, 0.5) is 11.4 Å². The van der Waals surface area contributed by atoms with Gasteiger partial charge in [-0.15, -0.1) is 0 Å². The topological polar surface area (TPSA) is 32.8 Å². The Hall–Kier alpha value is -1.55. The molecule has 4 rings (SSSR count). The Labute approximate surface area is 132 Å². The Morgan fingerprint density at radius 3 is 2.68 bits per heavy atom. The molecule has 3 heterocycles. The van der Waals surface area contributed by atoms with E-state index in [0.29, 0.717) is 11.8 Å². The zero-order chi connectivity index (χ0) is 15.2. The molecule has 0 unspecified atom stereocenters. The van der Waals surface area contributed by atoms with Crippen molar-refractivity contribution in [3.63, 3.8) is 0 Å². The summed E-state index contributed by atoms with van der Waals surface area (Å²) >= 11 is 0. The third-order valence-electron chi connectivity index (χ3n) is 5.61. The van der Waals surface area contributed by atoms with Gasteiger partial charge in [-0.05, 0) is 43.4 Å². The summed E-state index contributed by atoms with van der Waals surface area (Å²) in [4.78, 5) is 16.4. The summed E-state index contributed by atoms with van der Waals surface area (Å²) in [6.45, 7) is 4.09. The van der Waals surface area contributed by atoms with E-state index in [9.17, 15) is 4.79 Å². The summed E-state index contributed by atoms with van der Waals surface area (Å²) < 4.78 is 5.49.